The molecular weight excluding hydrogens is 144 g/mol. The molecule has 0 atom stereocenters. The van der Waals surface area contributed by atoms with Crippen LogP contribution in [0.4, 0.5) is 5.82 Å². The van der Waals surface area contributed by atoms with E-state index in [1.54, 1.807) is 12.3 Å². The number of nitrogen functional groups attached to an aromatic ring is 1. The summed E-state index contributed by atoms with van der Waals surface area (Å²) in [6, 6.07) is 1.61. The van der Waals surface area contributed by atoms with Gasteiger partial charge in [-0.3, -0.25) is 0 Å². The second-order valence-electron chi connectivity index (χ2n) is 2.43. The van der Waals surface area contributed by atoms with Crippen molar-refractivity contribution in [1.29, 1.82) is 0 Å². The normalized spacial score (nSPS) is 15.1. The second kappa shape index (κ2) is 1.98. The lowest BCUT2D eigenvalue weighted by Crippen LogP contribution is -2.30. The van der Waals surface area contributed by atoms with Crippen molar-refractivity contribution in [3.05, 3.63) is 22.7 Å². The lowest BCUT2D eigenvalue weighted by atomic mass is 10.6. The number of anilines is 1. The molecule has 1 aliphatic heterocycles. The highest BCUT2D eigenvalue weighted by atomic mass is 16.2. The van der Waals surface area contributed by atoms with E-state index in [4.69, 9.17) is 5.73 Å². The summed E-state index contributed by atoms with van der Waals surface area (Å²) in [6.45, 7) is 1.84. The highest BCUT2D eigenvalue weighted by Gasteiger charge is 2.18. The fourth-order valence-corrected chi connectivity index (χ4v) is 0.885. The van der Waals surface area contributed by atoms with Crippen molar-refractivity contribution in [2.75, 3.05) is 23.8 Å². The van der Waals surface area contributed by atoms with Crippen LogP contribution in [-0.2, 0) is 0 Å². The first-order valence-electron chi connectivity index (χ1n) is 3.38. The molecule has 0 spiro atoms. The minimum Gasteiger partial charge on any atom is -0.383 e. The van der Waals surface area contributed by atoms with E-state index in [9.17, 15) is 4.79 Å². The summed E-state index contributed by atoms with van der Waals surface area (Å²) in [4.78, 5) is 14.6. The topological polar surface area (TPSA) is 63.9 Å². The number of hydrogen-bond donors (Lipinski definition) is 1. The van der Waals surface area contributed by atoms with Gasteiger partial charge in [0.25, 0.3) is 0 Å². The zero-order valence-electron chi connectivity index (χ0n) is 5.90. The smallest absolute Gasteiger partial charge is 0.368 e. The third-order valence-electron chi connectivity index (χ3n) is 1.54. The Hall–Kier alpha value is -1.52. The van der Waals surface area contributed by atoms with E-state index >= 15 is 0 Å². The van der Waals surface area contributed by atoms with E-state index in [1.807, 2.05) is 5.01 Å². The van der Waals surface area contributed by atoms with Crippen molar-refractivity contribution in [2.45, 2.75) is 0 Å². The van der Waals surface area contributed by atoms with Crippen molar-refractivity contribution in [3.63, 3.8) is 0 Å². The van der Waals surface area contributed by atoms with Crippen LogP contribution in [0.5, 0.6) is 0 Å². The average molecular weight is 152 g/mol. The summed E-state index contributed by atoms with van der Waals surface area (Å²) < 4.78 is 1.47. The van der Waals surface area contributed by atoms with Gasteiger partial charge in [-0.05, 0) is 6.07 Å². The van der Waals surface area contributed by atoms with Gasteiger partial charge in [0.15, 0.2) is 0 Å². The van der Waals surface area contributed by atoms with Crippen LogP contribution >= 0.6 is 0 Å². The van der Waals surface area contributed by atoms with Crippen molar-refractivity contribution < 1.29 is 0 Å². The summed E-state index contributed by atoms with van der Waals surface area (Å²) in [5.41, 5.74) is 5.00. The molecule has 0 radical (unpaired) electrons. The maximum Gasteiger partial charge on any atom is 0.368 e. The van der Waals surface area contributed by atoms with E-state index < -0.39 is 0 Å². The van der Waals surface area contributed by atoms with Crippen LogP contribution in [0.15, 0.2) is 17.1 Å². The van der Waals surface area contributed by atoms with Crippen LogP contribution in [0, 0.1) is 0 Å². The largest absolute Gasteiger partial charge is 0.383 e. The van der Waals surface area contributed by atoms with Gasteiger partial charge in [-0.2, -0.15) is 4.98 Å². The van der Waals surface area contributed by atoms with Gasteiger partial charge >= 0.3 is 5.69 Å². The molecule has 0 aliphatic carbocycles. The van der Waals surface area contributed by atoms with Gasteiger partial charge in [0.05, 0.1) is 13.1 Å². The predicted octanol–water partition coefficient (Wildman–Crippen LogP) is -1.22. The van der Waals surface area contributed by atoms with Crippen molar-refractivity contribution in [1.82, 2.24) is 9.66 Å². The minimum atomic E-state index is -0.303. The van der Waals surface area contributed by atoms with Crippen LogP contribution in [0.3, 0.4) is 0 Å². The van der Waals surface area contributed by atoms with E-state index in [1.165, 1.54) is 4.68 Å². The third kappa shape index (κ3) is 1.04. The zero-order valence-corrected chi connectivity index (χ0v) is 5.90. The van der Waals surface area contributed by atoms with Gasteiger partial charge in [0.1, 0.15) is 5.82 Å². The Kier molecular flexibility index (Phi) is 1.12. The molecular formula is C6H8N4O. The van der Waals surface area contributed by atoms with Crippen LogP contribution in [0.2, 0.25) is 0 Å². The van der Waals surface area contributed by atoms with Crippen LogP contribution < -0.4 is 16.4 Å². The lowest BCUT2D eigenvalue weighted by molar-refractivity contribution is 0.759. The zero-order chi connectivity index (χ0) is 7.84. The monoisotopic (exact) mass is 152 g/mol. The minimum absolute atomic E-state index is 0.271. The molecule has 5 nitrogen and oxygen atoms in total. The molecule has 0 amide bonds. The Morgan fingerprint density at radius 3 is 2.82 bits per heavy atom. The molecule has 0 aromatic carbocycles. The Balaban J connectivity index is 2.48. The van der Waals surface area contributed by atoms with E-state index in [2.05, 4.69) is 4.98 Å². The Morgan fingerprint density at radius 2 is 2.27 bits per heavy atom. The molecule has 58 valence electrons. The van der Waals surface area contributed by atoms with Gasteiger partial charge in [-0.15, -0.1) is 0 Å². The van der Waals surface area contributed by atoms with Gasteiger partial charge in [-0.1, -0.05) is 0 Å². The molecule has 2 rings (SSSR count). The van der Waals surface area contributed by atoms with Crippen molar-refractivity contribution >= 4 is 5.82 Å². The summed E-state index contributed by atoms with van der Waals surface area (Å²) in [7, 11) is 0. The molecule has 0 saturated carbocycles. The summed E-state index contributed by atoms with van der Waals surface area (Å²) in [5, 5.41) is 1.87. The van der Waals surface area contributed by atoms with E-state index in [0.717, 1.165) is 13.1 Å². The number of rotatable bonds is 1. The lowest BCUT2D eigenvalue weighted by Gasteiger charge is -2.03. The van der Waals surface area contributed by atoms with Gasteiger partial charge in [-0.25, -0.2) is 9.47 Å². The summed E-state index contributed by atoms with van der Waals surface area (Å²) >= 11 is 0. The first-order chi connectivity index (χ1) is 5.27. The second-order valence-corrected chi connectivity index (χ2v) is 2.43. The standard InChI is InChI=1S/C6H8N4O/c7-5-1-2-10(6(11)8-5)9-3-4-9/h1-2H,3-4H2,(H2,7,8,11). The van der Waals surface area contributed by atoms with Gasteiger partial charge in [0, 0.05) is 6.20 Å². The maximum absolute atomic E-state index is 11.1. The highest BCUT2D eigenvalue weighted by Crippen LogP contribution is 1.99. The fraction of sp³-hybridized carbons (Fsp3) is 0.333. The van der Waals surface area contributed by atoms with Crippen LogP contribution in [-0.4, -0.2) is 22.7 Å². The van der Waals surface area contributed by atoms with Crippen LogP contribution in [0.1, 0.15) is 0 Å². The number of nitrogens with two attached hydrogens (primary N) is 1. The summed E-state index contributed by atoms with van der Waals surface area (Å²) in [5.74, 6) is 0.271. The highest BCUT2D eigenvalue weighted by molar-refractivity contribution is 5.24. The molecule has 0 bridgehead atoms. The molecule has 1 aliphatic rings. The fourth-order valence-electron chi connectivity index (χ4n) is 0.885. The van der Waals surface area contributed by atoms with E-state index in [0.29, 0.717) is 0 Å². The van der Waals surface area contributed by atoms with Crippen LogP contribution in [0.25, 0.3) is 0 Å². The number of hydrogen-bond acceptors (Lipinski definition) is 4. The first kappa shape index (κ1) is 6.21. The molecule has 5 heteroatoms. The SMILES string of the molecule is Nc1ccn(N2CC2)c(=O)n1. The first-order valence-corrected chi connectivity index (χ1v) is 3.38. The maximum atomic E-state index is 11.1. The molecule has 1 fully saturated rings. The quantitative estimate of drug-likeness (QED) is 0.512. The summed E-state index contributed by atoms with van der Waals surface area (Å²) in [6.07, 6.45) is 1.64. The van der Waals surface area contributed by atoms with Crippen molar-refractivity contribution in [3.8, 4) is 0 Å². The molecule has 1 saturated heterocycles. The molecule has 0 unspecified atom stereocenters. The number of nitrogens with zero attached hydrogens (tertiary/aromatic N) is 3. The third-order valence-corrected chi connectivity index (χ3v) is 1.54. The average Bonchev–Trinajstić information content (AvgIpc) is 2.70. The van der Waals surface area contributed by atoms with Gasteiger partial charge < -0.3 is 10.7 Å². The van der Waals surface area contributed by atoms with E-state index in [-0.39, 0.29) is 11.5 Å². The Bertz CT molecular complexity index is 328. The molecule has 1 aromatic heterocycles. The Morgan fingerprint density at radius 1 is 1.55 bits per heavy atom. The number of aromatic nitrogens is 2. The molecule has 11 heavy (non-hydrogen) atoms. The molecule has 2 N–H and O–H groups in total. The van der Waals surface area contributed by atoms with Crippen molar-refractivity contribution in [2.24, 2.45) is 0 Å². The molecule has 1 aromatic rings. The predicted molar refractivity (Wildman–Crippen MR) is 40.9 cm³/mol. The molecule has 2 heterocycles. The van der Waals surface area contributed by atoms with Gasteiger partial charge in [0.2, 0.25) is 0 Å². The Labute approximate surface area is 63.0 Å².